The number of aromatic nitrogens is 1. The van der Waals surface area contributed by atoms with Gasteiger partial charge in [-0.05, 0) is 34.7 Å². The Morgan fingerprint density at radius 1 is 1.21 bits per heavy atom. The number of nitriles is 1. The topological polar surface area (TPSA) is 91.8 Å². The predicted octanol–water partition coefficient (Wildman–Crippen LogP) is 2.88. The van der Waals surface area contributed by atoms with E-state index < -0.39 is 5.91 Å². The molecule has 0 unspecified atom stereocenters. The number of anilines is 1. The van der Waals surface area contributed by atoms with Gasteiger partial charge in [-0.15, -0.1) is 0 Å². The van der Waals surface area contributed by atoms with E-state index in [-0.39, 0.29) is 18.2 Å². The molecule has 0 aliphatic rings. The number of nitrogens with two attached hydrogens (primary N) is 1. The Labute approximate surface area is 137 Å². The Balaban J connectivity index is 2.12. The van der Waals surface area contributed by atoms with Gasteiger partial charge < -0.3 is 11.1 Å². The first-order valence-corrected chi connectivity index (χ1v) is 7.19. The molecule has 0 aliphatic carbocycles. The molecular formula is C18H13FN4O. The van der Waals surface area contributed by atoms with Crippen molar-refractivity contribution in [1.29, 1.82) is 5.26 Å². The molecule has 1 aromatic heterocycles. The van der Waals surface area contributed by atoms with Gasteiger partial charge in [-0.25, -0.2) is 9.37 Å². The van der Waals surface area contributed by atoms with E-state index in [1.807, 2.05) is 6.07 Å². The molecule has 6 heteroatoms. The summed E-state index contributed by atoms with van der Waals surface area (Å²) in [7, 11) is 0. The third-order valence-corrected chi connectivity index (χ3v) is 3.65. The Morgan fingerprint density at radius 2 is 2.00 bits per heavy atom. The average Bonchev–Trinajstić information content (AvgIpc) is 2.60. The van der Waals surface area contributed by atoms with Gasteiger partial charge in [0.1, 0.15) is 18.2 Å². The molecule has 5 nitrogen and oxygen atoms in total. The molecule has 1 heterocycles. The van der Waals surface area contributed by atoms with Crippen LogP contribution < -0.4 is 11.1 Å². The number of carbonyl (C=O) groups excluding carboxylic acids is 1. The molecule has 24 heavy (non-hydrogen) atoms. The quantitative estimate of drug-likeness (QED) is 0.726. The van der Waals surface area contributed by atoms with Gasteiger partial charge in [0.2, 0.25) is 0 Å². The van der Waals surface area contributed by atoms with Crippen LogP contribution in [-0.2, 0) is 0 Å². The molecule has 0 fully saturated rings. The summed E-state index contributed by atoms with van der Waals surface area (Å²) in [5, 5.41) is 12.3. The van der Waals surface area contributed by atoms with Crippen molar-refractivity contribution in [2.45, 2.75) is 0 Å². The van der Waals surface area contributed by atoms with Crippen LogP contribution in [0.1, 0.15) is 10.4 Å². The number of nitrogens with one attached hydrogen (secondary N) is 1. The number of hydrogen-bond donors (Lipinski definition) is 2. The van der Waals surface area contributed by atoms with Crippen molar-refractivity contribution in [3.8, 4) is 17.2 Å². The molecule has 3 aromatic rings. The normalized spacial score (nSPS) is 10.3. The summed E-state index contributed by atoms with van der Waals surface area (Å²) in [6.07, 6.45) is 1.38. The molecule has 3 N–H and O–H groups in total. The first-order valence-electron chi connectivity index (χ1n) is 7.19. The number of rotatable bonds is 3. The number of carbonyl (C=O) groups is 1. The number of benzene rings is 2. The zero-order valence-corrected chi connectivity index (χ0v) is 12.6. The van der Waals surface area contributed by atoms with Crippen LogP contribution in [0.15, 0.2) is 48.7 Å². The third kappa shape index (κ3) is 2.88. The fourth-order valence-corrected chi connectivity index (χ4v) is 2.51. The van der Waals surface area contributed by atoms with Crippen LogP contribution in [-0.4, -0.2) is 17.4 Å². The molecule has 0 atom stereocenters. The highest BCUT2D eigenvalue weighted by atomic mass is 19.1. The Hall–Kier alpha value is -3.46. The van der Waals surface area contributed by atoms with Gasteiger partial charge in [0, 0.05) is 11.6 Å². The van der Waals surface area contributed by atoms with Gasteiger partial charge in [0.15, 0.2) is 0 Å². The van der Waals surface area contributed by atoms with E-state index in [0.717, 1.165) is 5.56 Å². The first-order chi connectivity index (χ1) is 11.6. The molecule has 0 saturated heterocycles. The zero-order valence-electron chi connectivity index (χ0n) is 12.6. The van der Waals surface area contributed by atoms with Crippen LogP contribution in [0, 0.1) is 17.1 Å². The number of nitrogens with zero attached hydrogens (tertiary/aromatic N) is 2. The minimum atomic E-state index is -0.396. The van der Waals surface area contributed by atoms with Crippen molar-refractivity contribution >= 4 is 22.5 Å². The third-order valence-electron chi connectivity index (χ3n) is 3.65. The lowest BCUT2D eigenvalue weighted by atomic mass is 9.99. The standard InChI is InChI=1S/C18H13FN4O/c19-13-3-1-2-11(8-13)12-4-5-14-15(9-12)17(21)23-10-16(14)18(24)22-7-6-20/h1-5,8-10H,7H2,(H2,21,23)(H,22,24). The number of nitrogen functional groups attached to an aromatic ring is 1. The largest absolute Gasteiger partial charge is 0.383 e. The summed E-state index contributed by atoms with van der Waals surface area (Å²) in [6, 6.07) is 13.4. The smallest absolute Gasteiger partial charge is 0.254 e. The maximum absolute atomic E-state index is 13.4. The number of amides is 1. The summed E-state index contributed by atoms with van der Waals surface area (Å²) in [6.45, 7) is -0.0912. The Kier molecular flexibility index (Phi) is 4.08. The highest BCUT2D eigenvalue weighted by Crippen LogP contribution is 2.29. The molecular weight excluding hydrogens is 307 g/mol. The van der Waals surface area contributed by atoms with Gasteiger partial charge in [0.05, 0.1) is 11.6 Å². The van der Waals surface area contributed by atoms with Crippen molar-refractivity contribution in [2.24, 2.45) is 0 Å². The first kappa shape index (κ1) is 15.4. The second-order valence-corrected chi connectivity index (χ2v) is 5.17. The second-order valence-electron chi connectivity index (χ2n) is 5.17. The van der Waals surface area contributed by atoms with E-state index in [0.29, 0.717) is 21.9 Å². The van der Waals surface area contributed by atoms with E-state index in [2.05, 4.69) is 10.3 Å². The summed E-state index contributed by atoms with van der Waals surface area (Å²) in [5.74, 6) is -0.448. The van der Waals surface area contributed by atoms with Crippen molar-refractivity contribution in [3.63, 3.8) is 0 Å². The van der Waals surface area contributed by atoms with E-state index in [4.69, 9.17) is 11.0 Å². The summed E-state index contributed by atoms with van der Waals surface area (Å²) in [5.41, 5.74) is 7.74. The molecule has 0 aliphatic heterocycles. The van der Waals surface area contributed by atoms with E-state index in [1.54, 1.807) is 30.3 Å². The van der Waals surface area contributed by atoms with E-state index in [1.165, 1.54) is 18.3 Å². The molecule has 0 radical (unpaired) electrons. The van der Waals surface area contributed by atoms with Crippen LogP contribution in [0.2, 0.25) is 0 Å². The van der Waals surface area contributed by atoms with Crippen LogP contribution in [0.4, 0.5) is 10.2 Å². The number of halogens is 1. The summed E-state index contributed by atoms with van der Waals surface area (Å²) in [4.78, 5) is 16.2. The van der Waals surface area contributed by atoms with Crippen molar-refractivity contribution in [2.75, 3.05) is 12.3 Å². The monoisotopic (exact) mass is 320 g/mol. The fraction of sp³-hybridized carbons (Fsp3) is 0.0556. The maximum atomic E-state index is 13.4. The molecule has 3 rings (SSSR count). The summed E-state index contributed by atoms with van der Waals surface area (Å²) < 4.78 is 13.4. The Bertz CT molecular complexity index is 978. The van der Waals surface area contributed by atoms with Gasteiger partial charge >= 0.3 is 0 Å². The lowest BCUT2D eigenvalue weighted by Gasteiger charge is -2.10. The molecule has 0 spiro atoms. The van der Waals surface area contributed by atoms with Crippen LogP contribution >= 0.6 is 0 Å². The van der Waals surface area contributed by atoms with Gasteiger partial charge in [-0.3, -0.25) is 4.79 Å². The van der Waals surface area contributed by atoms with Gasteiger partial charge in [-0.1, -0.05) is 24.3 Å². The minimum absolute atomic E-state index is 0.0912. The average molecular weight is 320 g/mol. The highest BCUT2D eigenvalue weighted by Gasteiger charge is 2.13. The lowest BCUT2D eigenvalue weighted by molar-refractivity contribution is 0.0960. The van der Waals surface area contributed by atoms with Crippen LogP contribution in [0.5, 0.6) is 0 Å². The Morgan fingerprint density at radius 3 is 2.75 bits per heavy atom. The number of fused-ring (bicyclic) bond motifs is 1. The molecule has 0 saturated carbocycles. The molecule has 118 valence electrons. The SMILES string of the molecule is N#CCNC(=O)c1cnc(N)c2cc(-c3cccc(F)c3)ccc12. The van der Waals surface area contributed by atoms with E-state index in [9.17, 15) is 9.18 Å². The van der Waals surface area contributed by atoms with E-state index >= 15 is 0 Å². The minimum Gasteiger partial charge on any atom is -0.383 e. The lowest BCUT2D eigenvalue weighted by Crippen LogP contribution is -2.24. The van der Waals surface area contributed by atoms with Crippen LogP contribution in [0.3, 0.4) is 0 Å². The molecule has 0 bridgehead atoms. The number of hydrogen-bond acceptors (Lipinski definition) is 4. The number of pyridine rings is 1. The molecule has 1 amide bonds. The summed E-state index contributed by atoms with van der Waals surface area (Å²) >= 11 is 0. The maximum Gasteiger partial charge on any atom is 0.254 e. The predicted molar refractivity (Wildman–Crippen MR) is 89.5 cm³/mol. The van der Waals surface area contributed by atoms with Gasteiger partial charge in [0.25, 0.3) is 5.91 Å². The second kappa shape index (κ2) is 6.34. The van der Waals surface area contributed by atoms with Crippen molar-refractivity contribution in [1.82, 2.24) is 10.3 Å². The van der Waals surface area contributed by atoms with Crippen LogP contribution in [0.25, 0.3) is 21.9 Å². The van der Waals surface area contributed by atoms with Crippen molar-refractivity contribution < 1.29 is 9.18 Å². The van der Waals surface area contributed by atoms with Crippen molar-refractivity contribution in [3.05, 3.63) is 60.0 Å². The molecule has 2 aromatic carbocycles. The fourth-order valence-electron chi connectivity index (χ4n) is 2.51. The zero-order chi connectivity index (χ0) is 17.1. The van der Waals surface area contributed by atoms with Gasteiger partial charge in [-0.2, -0.15) is 5.26 Å². The highest BCUT2D eigenvalue weighted by molar-refractivity contribution is 6.09.